The first-order valence-electron chi connectivity index (χ1n) is 7.37. The van der Waals surface area contributed by atoms with Gasteiger partial charge in [0.2, 0.25) is 5.95 Å². The zero-order valence-electron chi connectivity index (χ0n) is 12.5. The lowest BCUT2D eigenvalue weighted by atomic mass is 10.1. The van der Waals surface area contributed by atoms with Gasteiger partial charge in [-0.3, -0.25) is 0 Å². The maximum Gasteiger partial charge on any atom is 0.224 e. The summed E-state index contributed by atoms with van der Waals surface area (Å²) in [5.74, 6) is 2.22. The average molecular weight is 329 g/mol. The molecule has 0 saturated heterocycles. The number of nitrogens with one attached hydrogen (secondary N) is 2. The van der Waals surface area contributed by atoms with Gasteiger partial charge >= 0.3 is 0 Å². The van der Waals surface area contributed by atoms with E-state index in [9.17, 15) is 0 Å². The van der Waals surface area contributed by atoms with Gasteiger partial charge < -0.3 is 15.1 Å². The number of hydrogen-bond donors (Lipinski definition) is 2. The van der Waals surface area contributed by atoms with Crippen LogP contribution in [0.2, 0.25) is 5.02 Å². The van der Waals surface area contributed by atoms with Crippen molar-refractivity contribution in [2.45, 2.75) is 13.0 Å². The second-order valence-electron chi connectivity index (χ2n) is 5.00. The number of benzene rings is 1. The van der Waals surface area contributed by atoms with Crippen molar-refractivity contribution in [3.05, 3.63) is 71.3 Å². The Balaban J connectivity index is 1.50. The van der Waals surface area contributed by atoms with Crippen molar-refractivity contribution in [3.63, 3.8) is 0 Å². The number of halogens is 1. The van der Waals surface area contributed by atoms with Crippen LogP contribution in [0.25, 0.3) is 0 Å². The molecule has 0 amide bonds. The molecule has 3 aromatic rings. The summed E-state index contributed by atoms with van der Waals surface area (Å²) < 4.78 is 5.28. The highest BCUT2D eigenvalue weighted by atomic mass is 35.5. The fourth-order valence-corrected chi connectivity index (χ4v) is 2.23. The van der Waals surface area contributed by atoms with Crippen LogP contribution in [0.3, 0.4) is 0 Å². The van der Waals surface area contributed by atoms with Gasteiger partial charge in [-0.15, -0.1) is 0 Å². The molecule has 0 saturated carbocycles. The minimum absolute atomic E-state index is 0.591. The first-order chi connectivity index (χ1) is 11.3. The maximum atomic E-state index is 5.88. The Morgan fingerprint density at radius 2 is 1.91 bits per heavy atom. The zero-order valence-corrected chi connectivity index (χ0v) is 13.3. The summed E-state index contributed by atoms with van der Waals surface area (Å²) in [7, 11) is 0. The molecular formula is C17H17ClN4O. The predicted molar refractivity (Wildman–Crippen MR) is 91.7 cm³/mol. The molecule has 0 atom stereocenters. The first kappa shape index (κ1) is 15.4. The Bertz CT molecular complexity index is 729. The molecular weight excluding hydrogens is 312 g/mol. The van der Waals surface area contributed by atoms with Crippen LogP contribution in [0.4, 0.5) is 11.8 Å². The van der Waals surface area contributed by atoms with Gasteiger partial charge in [0.15, 0.2) is 0 Å². The van der Waals surface area contributed by atoms with Crippen LogP contribution < -0.4 is 10.6 Å². The summed E-state index contributed by atoms with van der Waals surface area (Å²) in [4.78, 5) is 8.64. The van der Waals surface area contributed by atoms with E-state index in [-0.39, 0.29) is 0 Å². The van der Waals surface area contributed by atoms with Crippen LogP contribution in [0, 0.1) is 0 Å². The highest BCUT2D eigenvalue weighted by Crippen LogP contribution is 2.11. The van der Waals surface area contributed by atoms with Crippen LogP contribution in [0.15, 0.2) is 59.3 Å². The molecule has 3 rings (SSSR count). The summed E-state index contributed by atoms with van der Waals surface area (Å²) in [6, 6.07) is 13.4. The fraction of sp³-hybridized carbons (Fsp3) is 0.176. The summed E-state index contributed by atoms with van der Waals surface area (Å²) in [6.45, 7) is 1.34. The van der Waals surface area contributed by atoms with E-state index < -0.39 is 0 Å². The number of hydrogen-bond acceptors (Lipinski definition) is 5. The summed E-state index contributed by atoms with van der Waals surface area (Å²) in [6.07, 6.45) is 4.26. The molecule has 2 heterocycles. The van der Waals surface area contributed by atoms with Gasteiger partial charge in [-0.05, 0) is 42.3 Å². The molecule has 0 aliphatic carbocycles. The molecule has 0 aliphatic rings. The van der Waals surface area contributed by atoms with Crippen molar-refractivity contribution in [3.8, 4) is 0 Å². The Hall–Kier alpha value is -2.53. The fourth-order valence-electron chi connectivity index (χ4n) is 2.10. The maximum absolute atomic E-state index is 5.88. The number of nitrogens with zero attached hydrogens (tertiary/aromatic N) is 2. The molecule has 2 N–H and O–H groups in total. The highest BCUT2D eigenvalue weighted by Gasteiger charge is 2.01. The highest BCUT2D eigenvalue weighted by molar-refractivity contribution is 6.30. The number of aromatic nitrogens is 2. The number of rotatable bonds is 7. The molecule has 0 spiro atoms. The first-order valence-corrected chi connectivity index (χ1v) is 7.75. The Morgan fingerprint density at radius 1 is 1.04 bits per heavy atom. The van der Waals surface area contributed by atoms with Crippen molar-refractivity contribution in [2.24, 2.45) is 0 Å². The van der Waals surface area contributed by atoms with Crippen LogP contribution in [0.5, 0.6) is 0 Å². The average Bonchev–Trinajstić information content (AvgIpc) is 3.09. The van der Waals surface area contributed by atoms with Gasteiger partial charge in [-0.1, -0.05) is 23.7 Å². The van der Waals surface area contributed by atoms with Crippen molar-refractivity contribution in [1.82, 2.24) is 9.97 Å². The predicted octanol–water partition coefficient (Wildman–Crippen LogP) is 3.99. The van der Waals surface area contributed by atoms with Crippen LogP contribution in [-0.2, 0) is 13.0 Å². The van der Waals surface area contributed by atoms with Crippen LogP contribution >= 0.6 is 11.6 Å². The lowest BCUT2D eigenvalue weighted by molar-refractivity contribution is 0.518. The van der Waals surface area contributed by atoms with E-state index in [1.807, 2.05) is 42.5 Å². The van der Waals surface area contributed by atoms with Crippen LogP contribution in [-0.4, -0.2) is 16.5 Å². The smallest absolute Gasteiger partial charge is 0.224 e. The van der Waals surface area contributed by atoms with E-state index in [0.29, 0.717) is 12.5 Å². The van der Waals surface area contributed by atoms with E-state index in [1.54, 1.807) is 12.5 Å². The quantitative estimate of drug-likeness (QED) is 0.686. The minimum atomic E-state index is 0.591. The standard InChI is InChI=1S/C17H17ClN4O/c18-14-5-3-13(4-6-14)7-9-19-17-20-10-8-16(22-17)21-12-15-2-1-11-23-15/h1-6,8,10-11H,7,9,12H2,(H2,19,20,21,22). The molecule has 0 aliphatic heterocycles. The number of furan rings is 1. The third-order valence-corrected chi connectivity index (χ3v) is 3.54. The molecule has 6 heteroatoms. The lowest BCUT2D eigenvalue weighted by Gasteiger charge is -2.07. The summed E-state index contributed by atoms with van der Waals surface area (Å²) in [5, 5.41) is 7.18. The van der Waals surface area contributed by atoms with Crippen molar-refractivity contribution in [1.29, 1.82) is 0 Å². The zero-order chi connectivity index (χ0) is 15.9. The van der Waals surface area contributed by atoms with Crippen LogP contribution in [0.1, 0.15) is 11.3 Å². The topological polar surface area (TPSA) is 63.0 Å². The number of anilines is 2. The van der Waals surface area contributed by atoms with Crippen molar-refractivity contribution < 1.29 is 4.42 Å². The Kier molecular flexibility index (Phi) is 5.11. The largest absolute Gasteiger partial charge is 0.467 e. The van der Waals surface area contributed by atoms with E-state index in [0.717, 1.165) is 29.6 Å². The van der Waals surface area contributed by atoms with Gasteiger partial charge in [-0.2, -0.15) is 4.98 Å². The SMILES string of the molecule is Clc1ccc(CCNc2nccc(NCc3ccco3)n2)cc1. The molecule has 1 aromatic carbocycles. The monoisotopic (exact) mass is 328 g/mol. The third-order valence-electron chi connectivity index (χ3n) is 3.29. The van der Waals surface area contributed by atoms with Crippen molar-refractivity contribution in [2.75, 3.05) is 17.2 Å². The Labute approximate surface area is 139 Å². The third kappa shape index (κ3) is 4.72. The van der Waals surface area contributed by atoms with Gasteiger partial charge in [-0.25, -0.2) is 4.98 Å². The van der Waals surface area contributed by atoms with E-state index in [4.69, 9.17) is 16.0 Å². The second-order valence-corrected chi connectivity index (χ2v) is 5.44. The van der Waals surface area contributed by atoms with Gasteiger partial charge in [0.1, 0.15) is 11.6 Å². The molecule has 118 valence electrons. The van der Waals surface area contributed by atoms with E-state index >= 15 is 0 Å². The van der Waals surface area contributed by atoms with E-state index in [1.165, 1.54) is 5.56 Å². The minimum Gasteiger partial charge on any atom is -0.467 e. The van der Waals surface area contributed by atoms with Gasteiger partial charge in [0.05, 0.1) is 12.8 Å². The molecule has 23 heavy (non-hydrogen) atoms. The van der Waals surface area contributed by atoms with Gasteiger partial charge in [0.25, 0.3) is 0 Å². The van der Waals surface area contributed by atoms with E-state index in [2.05, 4.69) is 20.6 Å². The lowest BCUT2D eigenvalue weighted by Crippen LogP contribution is -2.09. The summed E-state index contributed by atoms with van der Waals surface area (Å²) in [5.41, 5.74) is 1.22. The second kappa shape index (κ2) is 7.65. The Morgan fingerprint density at radius 3 is 2.70 bits per heavy atom. The normalized spacial score (nSPS) is 10.5. The molecule has 0 bridgehead atoms. The molecule has 2 aromatic heterocycles. The molecule has 0 fully saturated rings. The molecule has 0 radical (unpaired) electrons. The van der Waals surface area contributed by atoms with Gasteiger partial charge in [0, 0.05) is 17.8 Å². The molecule has 5 nitrogen and oxygen atoms in total. The molecule has 0 unspecified atom stereocenters. The summed E-state index contributed by atoms with van der Waals surface area (Å²) >= 11 is 5.88. The van der Waals surface area contributed by atoms with Crippen molar-refractivity contribution >= 4 is 23.4 Å².